The number of aryl methyl sites for hydroxylation is 1. The second-order valence-electron chi connectivity index (χ2n) is 4.05. The first-order chi connectivity index (χ1) is 6.53. The van der Waals surface area contributed by atoms with Gasteiger partial charge in [-0.25, -0.2) is 0 Å². The van der Waals surface area contributed by atoms with E-state index in [0.29, 0.717) is 0 Å². The van der Waals surface area contributed by atoms with Crippen LogP contribution in [0.3, 0.4) is 0 Å². The molecule has 0 fully saturated rings. The lowest BCUT2D eigenvalue weighted by Gasteiger charge is -2.17. The minimum atomic E-state index is -0.190. The smallest absolute Gasteiger partial charge is 0.0805 e. The third kappa shape index (κ3) is 3.35. The molecule has 14 heavy (non-hydrogen) atoms. The van der Waals surface area contributed by atoms with Gasteiger partial charge in [-0.15, -0.1) is 0 Å². The Morgan fingerprint density at radius 1 is 1.14 bits per heavy atom. The number of methoxy groups -OCH3 is 1. The third-order valence-corrected chi connectivity index (χ3v) is 2.28. The van der Waals surface area contributed by atoms with Crippen LogP contribution in [0.1, 0.15) is 25.0 Å². The van der Waals surface area contributed by atoms with Gasteiger partial charge in [-0.3, -0.25) is 0 Å². The standard InChI is InChI=1S/C13H18O/c1-11-5-7-12(8-6-11)9-10-13(2,3)14-4/h5-10H,1-4H3/b10-9-. The van der Waals surface area contributed by atoms with Gasteiger partial charge < -0.3 is 4.74 Å². The van der Waals surface area contributed by atoms with Crippen molar-refractivity contribution in [3.8, 4) is 0 Å². The summed E-state index contributed by atoms with van der Waals surface area (Å²) in [5.41, 5.74) is 2.30. The number of rotatable bonds is 3. The molecule has 0 amide bonds. The minimum absolute atomic E-state index is 0.190. The predicted octanol–water partition coefficient (Wildman–Crippen LogP) is 3.43. The van der Waals surface area contributed by atoms with Crippen LogP contribution in [-0.4, -0.2) is 12.7 Å². The van der Waals surface area contributed by atoms with Gasteiger partial charge in [0.05, 0.1) is 5.60 Å². The van der Waals surface area contributed by atoms with E-state index in [-0.39, 0.29) is 5.60 Å². The van der Waals surface area contributed by atoms with E-state index in [1.54, 1.807) is 7.11 Å². The molecule has 0 bridgehead atoms. The Hall–Kier alpha value is -1.08. The quantitative estimate of drug-likeness (QED) is 0.709. The zero-order chi connectivity index (χ0) is 10.6. The summed E-state index contributed by atoms with van der Waals surface area (Å²) in [4.78, 5) is 0. The van der Waals surface area contributed by atoms with Crippen LogP contribution in [0.25, 0.3) is 6.08 Å². The summed E-state index contributed by atoms with van der Waals surface area (Å²) in [7, 11) is 1.72. The molecule has 0 heterocycles. The van der Waals surface area contributed by atoms with Crippen molar-refractivity contribution in [3.63, 3.8) is 0 Å². The molecule has 0 N–H and O–H groups in total. The van der Waals surface area contributed by atoms with E-state index < -0.39 is 0 Å². The summed E-state index contributed by atoms with van der Waals surface area (Å²) in [6, 6.07) is 8.44. The molecule has 0 saturated carbocycles. The third-order valence-electron chi connectivity index (χ3n) is 2.28. The summed E-state index contributed by atoms with van der Waals surface area (Å²) < 4.78 is 5.30. The molecule has 1 heteroatoms. The molecule has 0 atom stereocenters. The fraction of sp³-hybridized carbons (Fsp3) is 0.385. The molecule has 1 rings (SSSR count). The van der Waals surface area contributed by atoms with Gasteiger partial charge in [0.2, 0.25) is 0 Å². The Bertz CT molecular complexity index is 307. The van der Waals surface area contributed by atoms with Crippen LogP contribution in [0.2, 0.25) is 0 Å². The monoisotopic (exact) mass is 190 g/mol. The van der Waals surface area contributed by atoms with Crippen molar-refractivity contribution in [2.75, 3.05) is 7.11 Å². The van der Waals surface area contributed by atoms with Gasteiger partial charge in [0.25, 0.3) is 0 Å². The van der Waals surface area contributed by atoms with Crippen LogP contribution in [0.5, 0.6) is 0 Å². The number of ether oxygens (including phenoxy) is 1. The van der Waals surface area contributed by atoms with Gasteiger partial charge in [0.1, 0.15) is 0 Å². The van der Waals surface area contributed by atoms with E-state index in [9.17, 15) is 0 Å². The van der Waals surface area contributed by atoms with Gasteiger partial charge in [-0.1, -0.05) is 42.0 Å². The second kappa shape index (κ2) is 4.43. The van der Waals surface area contributed by atoms with E-state index in [4.69, 9.17) is 4.74 Å². The molecule has 0 aliphatic rings. The molecule has 0 spiro atoms. The zero-order valence-electron chi connectivity index (χ0n) is 9.37. The zero-order valence-corrected chi connectivity index (χ0v) is 9.37. The molecular formula is C13H18O. The molecule has 1 nitrogen and oxygen atoms in total. The first-order valence-corrected chi connectivity index (χ1v) is 4.84. The van der Waals surface area contributed by atoms with Crippen molar-refractivity contribution in [2.24, 2.45) is 0 Å². The molecule has 0 aliphatic heterocycles. The maximum atomic E-state index is 5.30. The number of benzene rings is 1. The fourth-order valence-electron chi connectivity index (χ4n) is 1.04. The van der Waals surface area contributed by atoms with Crippen LogP contribution in [0.4, 0.5) is 0 Å². The molecule has 0 aromatic heterocycles. The van der Waals surface area contributed by atoms with E-state index >= 15 is 0 Å². The molecule has 0 radical (unpaired) electrons. The highest BCUT2D eigenvalue weighted by Crippen LogP contribution is 2.12. The van der Waals surface area contributed by atoms with Crippen LogP contribution < -0.4 is 0 Å². The second-order valence-corrected chi connectivity index (χ2v) is 4.05. The van der Waals surface area contributed by atoms with Crippen molar-refractivity contribution >= 4 is 6.08 Å². The van der Waals surface area contributed by atoms with Crippen molar-refractivity contribution in [3.05, 3.63) is 41.5 Å². The summed E-state index contributed by atoms with van der Waals surface area (Å²) in [5, 5.41) is 0. The Kier molecular flexibility index (Phi) is 3.48. The summed E-state index contributed by atoms with van der Waals surface area (Å²) in [6.07, 6.45) is 4.15. The van der Waals surface area contributed by atoms with Crippen LogP contribution in [0.15, 0.2) is 30.3 Å². The molecule has 0 unspecified atom stereocenters. The SMILES string of the molecule is COC(C)(C)/C=C\c1ccc(C)cc1. The molecule has 1 aromatic rings. The molecule has 0 aliphatic carbocycles. The topological polar surface area (TPSA) is 9.23 Å². The van der Waals surface area contributed by atoms with E-state index in [1.807, 2.05) is 13.8 Å². The highest BCUT2D eigenvalue weighted by atomic mass is 16.5. The highest BCUT2D eigenvalue weighted by Gasteiger charge is 2.09. The van der Waals surface area contributed by atoms with E-state index in [0.717, 1.165) is 0 Å². The van der Waals surface area contributed by atoms with Gasteiger partial charge >= 0.3 is 0 Å². The molecule has 0 saturated heterocycles. The summed E-state index contributed by atoms with van der Waals surface area (Å²) in [6.45, 7) is 6.17. The number of hydrogen-bond donors (Lipinski definition) is 0. The van der Waals surface area contributed by atoms with Crippen molar-refractivity contribution in [1.82, 2.24) is 0 Å². The van der Waals surface area contributed by atoms with Crippen molar-refractivity contribution in [1.29, 1.82) is 0 Å². The predicted molar refractivity (Wildman–Crippen MR) is 61.3 cm³/mol. The van der Waals surface area contributed by atoms with E-state index in [2.05, 4.69) is 43.3 Å². The van der Waals surface area contributed by atoms with Gasteiger partial charge in [-0.05, 0) is 26.3 Å². The number of hydrogen-bond acceptors (Lipinski definition) is 1. The van der Waals surface area contributed by atoms with Crippen LogP contribution in [0, 0.1) is 6.92 Å². The average molecular weight is 190 g/mol. The van der Waals surface area contributed by atoms with Crippen molar-refractivity contribution < 1.29 is 4.74 Å². The Morgan fingerprint density at radius 3 is 2.21 bits per heavy atom. The normalized spacial score (nSPS) is 12.3. The minimum Gasteiger partial charge on any atom is -0.375 e. The lowest BCUT2D eigenvalue weighted by atomic mass is 10.1. The molecule has 76 valence electrons. The summed E-state index contributed by atoms with van der Waals surface area (Å²) >= 11 is 0. The molecular weight excluding hydrogens is 172 g/mol. The Labute approximate surface area is 86.4 Å². The molecule has 1 aromatic carbocycles. The average Bonchev–Trinajstić information content (AvgIpc) is 2.17. The largest absolute Gasteiger partial charge is 0.375 e. The van der Waals surface area contributed by atoms with Gasteiger partial charge in [0, 0.05) is 7.11 Å². The maximum Gasteiger partial charge on any atom is 0.0805 e. The first kappa shape index (κ1) is 11.0. The maximum absolute atomic E-state index is 5.30. The Balaban J connectivity index is 2.74. The summed E-state index contributed by atoms with van der Waals surface area (Å²) in [5.74, 6) is 0. The lowest BCUT2D eigenvalue weighted by molar-refractivity contribution is 0.0663. The fourth-order valence-corrected chi connectivity index (χ4v) is 1.04. The van der Waals surface area contributed by atoms with Crippen LogP contribution in [-0.2, 0) is 4.74 Å². The van der Waals surface area contributed by atoms with Crippen LogP contribution >= 0.6 is 0 Å². The first-order valence-electron chi connectivity index (χ1n) is 4.84. The lowest BCUT2D eigenvalue weighted by Crippen LogP contribution is -2.18. The highest BCUT2D eigenvalue weighted by molar-refractivity contribution is 5.50. The van der Waals surface area contributed by atoms with Gasteiger partial charge in [-0.2, -0.15) is 0 Å². The van der Waals surface area contributed by atoms with Crippen molar-refractivity contribution in [2.45, 2.75) is 26.4 Å². The Morgan fingerprint density at radius 2 is 1.71 bits per heavy atom. The van der Waals surface area contributed by atoms with Gasteiger partial charge in [0.15, 0.2) is 0 Å². The van der Waals surface area contributed by atoms with E-state index in [1.165, 1.54) is 11.1 Å².